The van der Waals surface area contributed by atoms with Gasteiger partial charge in [-0.1, -0.05) is 40.0 Å². The first-order chi connectivity index (χ1) is 9.00. The fourth-order valence-electron chi connectivity index (χ4n) is 3.04. The van der Waals surface area contributed by atoms with Crippen LogP contribution >= 0.6 is 0 Å². The highest BCUT2D eigenvalue weighted by atomic mass is 15.3. The first-order valence-corrected chi connectivity index (χ1v) is 7.59. The highest BCUT2D eigenvalue weighted by molar-refractivity contribution is 5.66. The summed E-state index contributed by atoms with van der Waals surface area (Å²) >= 11 is 0. The number of nitrogens with zero attached hydrogens (tertiary/aromatic N) is 2. The molecule has 1 heterocycles. The van der Waals surface area contributed by atoms with Gasteiger partial charge in [-0.2, -0.15) is 5.10 Å². The van der Waals surface area contributed by atoms with Crippen molar-refractivity contribution < 1.29 is 0 Å². The van der Waals surface area contributed by atoms with Crippen LogP contribution in [0.25, 0.3) is 0 Å². The number of hydrogen-bond acceptors (Lipinski definition) is 3. The zero-order valence-electron chi connectivity index (χ0n) is 12.7. The van der Waals surface area contributed by atoms with Crippen molar-refractivity contribution in [2.45, 2.75) is 64.8 Å². The molecule has 4 nitrogen and oxygen atoms in total. The Morgan fingerprint density at radius 3 is 2.58 bits per heavy atom. The van der Waals surface area contributed by atoms with E-state index in [1.807, 2.05) is 11.7 Å². The van der Waals surface area contributed by atoms with Crippen molar-refractivity contribution in [3.05, 3.63) is 5.69 Å². The molecule has 1 aliphatic rings. The minimum absolute atomic E-state index is 0.369. The van der Waals surface area contributed by atoms with Gasteiger partial charge in [-0.25, -0.2) is 0 Å². The number of nitrogen functional groups attached to an aromatic ring is 1. The van der Waals surface area contributed by atoms with E-state index in [4.69, 9.17) is 5.73 Å². The van der Waals surface area contributed by atoms with E-state index in [1.165, 1.54) is 32.1 Å². The molecule has 19 heavy (non-hydrogen) atoms. The third kappa shape index (κ3) is 3.04. The van der Waals surface area contributed by atoms with E-state index < -0.39 is 0 Å². The van der Waals surface area contributed by atoms with Crippen LogP contribution in [0.4, 0.5) is 11.5 Å². The van der Waals surface area contributed by atoms with Crippen LogP contribution in [0.5, 0.6) is 0 Å². The van der Waals surface area contributed by atoms with E-state index in [-0.39, 0.29) is 0 Å². The second-order valence-corrected chi connectivity index (χ2v) is 6.29. The lowest BCUT2D eigenvalue weighted by atomic mass is 9.97. The number of aryl methyl sites for hydroxylation is 1. The largest absolute Gasteiger partial charge is 0.394 e. The van der Waals surface area contributed by atoms with Crippen molar-refractivity contribution in [1.82, 2.24) is 9.78 Å². The standard InChI is InChI=1S/C15H28N4/c1-10(2)14-13(16)15(19(4)18-14)17-12-9-7-5-6-8-11(12)3/h10-12,17H,5-9,16H2,1-4H3. The average Bonchev–Trinajstić information content (AvgIpc) is 2.51. The molecule has 0 spiro atoms. The highest BCUT2D eigenvalue weighted by Gasteiger charge is 2.23. The van der Waals surface area contributed by atoms with Crippen molar-refractivity contribution >= 4 is 11.5 Å². The van der Waals surface area contributed by atoms with Gasteiger partial charge in [0.15, 0.2) is 0 Å². The van der Waals surface area contributed by atoms with E-state index >= 15 is 0 Å². The first-order valence-electron chi connectivity index (χ1n) is 7.59. The zero-order chi connectivity index (χ0) is 14.0. The quantitative estimate of drug-likeness (QED) is 0.821. The number of nitrogens with two attached hydrogens (primary N) is 1. The van der Waals surface area contributed by atoms with Gasteiger partial charge < -0.3 is 11.1 Å². The number of rotatable bonds is 3. The monoisotopic (exact) mass is 264 g/mol. The van der Waals surface area contributed by atoms with E-state index in [0.29, 0.717) is 17.9 Å². The van der Waals surface area contributed by atoms with Crippen LogP contribution in [0, 0.1) is 5.92 Å². The molecule has 0 bridgehead atoms. The number of hydrogen-bond donors (Lipinski definition) is 2. The molecule has 0 amide bonds. The van der Waals surface area contributed by atoms with E-state index in [1.54, 1.807) is 0 Å². The summed E-state index contributed by atoms with van der Waals surface area (Å²) in [6, 6.07) is 0.528. The molecule has 3 N–H and O–H groups in total. The maximum absolute atomic E-state index is 6.26. The SMILES string of the molecule is CC(C)c1nn(C)c(NC2CCCCCC2C)c1N. The molecule has 1 saturated carbocycles. The molecule has 2 unspecified atom stereocenters. The van der Waals surface area contributed by atoms with Crippen molar-refractivity contribution in [3.8, 4) is 0 Å². The lowest BCUT2D eigenvalue weighted by Gasteiger charge is -2.24. The summed E-state index contributed by atoms with van der Waals surface area (Å²) in [6.45, 7) is 6.62. The molecular formula is C15H28N4. The van der Waals surface area contributed by atoms with Gasteiger partial charge in [-0.3, -0.25) is 4.68 Å². The molecule has 2 rings (SSSR count). The minimum atomic E-state index is 0.369. The van der Waals surface area contributed by atoms with Gasteiger partial charge in [0.05, 0.1) is 11.4 Å². The Labute approximate surface area is 116 Å². The average molecular weight is 264 g/mol. The lowest BCUT2D eigenvalue weighted by molar-refractivity contribution is 0.454. The number of aromatic nitrogens is 2. The van der Waals surface area contributed by atoms with Crippen LogP contribution in [0.1, 0.15) is 64.5 Å². The van der Waals surface area contributed by atoms with E-state index in [2.05, 4.69) is 31.2 Å². The Morgan fingerprint density at radius 1 is 1.26 bits per heavy atom. The molecule has 1 aliphatic carbocycles. The Bertz CT molecular complexity index is 422. The molecule has 1 fully saturated rings. The Balaban J connectivity index is 2.18. The fraction of sp³-hybridized carbons (Fsp3) is 0.800. The molecular weight excluding hydrogens is 236 g/mol. The van der Waals surface area contributed by atoms with Gasteiger partial charge in [-0.15, -0.1) is 0 Å². The molecule has 0 saturated heterocycles. The maximum atomic E-state index is 6.26. The van der Waals surface area contributed by atoms with Gasteiger partial charge in [-0.05, 0) is 24.7 Å². The van der Waals surface area contributed by atoms with Gasteiger partial charge in [0.1, 0.15) is 5.82 Å². The minimum Gasteiger partial charge on any atom is -0.394 e. The van der Waals surface area contributed by atoms with E-state index in [0.717, 1.165) is 17.2 Å². The maximum Gasteiger partial charge on any atom is 0.148 e. The Hall–Kier alpha value is -1.19. The van der Waals surface area contributed by atoms with Crippen LogP contribution in [0.2, 0.25) is 0 Å². The first kappa shape index (κ1) is 14.2. The summed E-state index contributed by atoms with van der Waals surface area (Å²) in [5.74, 6) is 2.08. The molecule has 0 radical (unpaired) electrons. The summed E-state index contributed by atoms with van der Waals surface area (Å²) in [6.07, 6.45) is 6.59. The van der Waals surface area contributed by atoms with Crippen LogP contribution in [-0.4, -0.2) is 15.8 Å². The lowest BCUT2D eigenvalue weighted by Crippen LogP contribution is -2.27. The predicted molar refractivity (Wildman–Crippen MR) is 81.4 cm³/mol. The van der Waals surface area contributed by atoms with Crippen LogP contribution < -0.4 is 11.1 Å². The predicted octanol–water partition coefficient (Wildman–Crippen LogP) is 3.51. The molecule has 1 aromatic rings. The summed E-state index contributed by atoms with van der Waals surface area (Å²) in [5.41, 5.74) is 8.09. The molecule has 0 aliphatic heterocycles. The zero-order valence-corrected chi connectivity index (χ0v) is 12.7. The van der Waals surface area contributed by atoms with Crippen LogP contribution in [-0.2, 0) is 7.05 Å². The third-order valence-corrected chi connectivity index (χ3v) is 4.34. The summed E-state index contributed by atoms with van der Waals surface area (Å²) < 4.78 is 1.91. The van der Waals surface area contributed by atoms with Crippen molar-refractivity contribution in [3.63, 3.8) is 0 Å². The highest BCUT2D eigenvalue weighted by Crippen LogP contribution is 2.31. The number of nitrogens with one attached hydrogen (secondary N) is 1. The molecule has 1 aromatic heterocycles. The van der Waals surface area contributed by atoms with Crippen molar-refractivity contribution in [2.75, 3.05) is 11.1 Å². The summed E-state index contributed by atoms with van der Waals surface area (Å²) in [4.78, 5) is 0. The molecule has 108 valence electrons. The fourth-order valence-corrected chi connectivity index (χ4v) is 3.04. The summed E-state index contributed by atoms with van der Waals surface area (Å²) in [5, 5.41) is 8.21. The second-order valence-electron chi connectivity index (χ2n) is 6.29. The van der Waals surface area contributed by atoms with Gasteiger partial charge >= 0.3 is 0 Å². The number of anilines is 2. The molecule has 2 atom stereocenters. The topological polar surface area (TPSA) is 55.9 Å². The second kappa shape index (κ2) is 5.85. The Morgan fingerprint density at radius 2 is 1.95 bits per heavy atom. The molecule has 4 heteroatoms. The van der Waals surface area contributed by atoms with Gasteiger partial charge in [0, 0.05) is 13.1 Å². The van der Waals surface area contributed by atoms with Crippen LogP contribution in [0.15, 0.2) is 0 Å². The summed E-state index contributed by atoms with van der Waals surface area (Å²) in [7, 11) is 1.98. The van der Waals surface area contributed by atoms with E-state index in [9.17, 15) is 0 Å². The van der Waals surface area contributed by atoms with Crippen molar-refractivity contribution in [1.29, 1.82) is 0 Å². The van der Waals surface area contributed by atoms with Crippen LogP contribution in [0.3, 0.4) is 0 Å². The van der Waals surface area contributed by atoms with Gasteiger partial charge in [0.25, 0.3) is 0 Å². The third-order valence-electron chi connectivity index (χ3n) is 4.34. The molecule has 0 aromatic carbocycles. The smallest absolute Gasteiger partial charge is 0.148 e. The Kier molecular flexibility index (Phi) is 4.38. The van der Waals surface area contributed by atoms with Crippen molar-refractivity contribution in [2.24, 2.45) is 13.0 Å². The van der Waals surface area contributed by atoms with Gasteiger partial charge in [0.2, 0.25) is 0 Å². The normalized spacial score (nSPS) is 24.5.